The highest BCUT2D eigenvalue weighted by Gasteiger charge is 2.16. The van der Waals surface area contributed by atoms with E-state index >= 15 is 0 Å². The average Bonchev–Trinajstić information content (AvgIpc) is 3.32. The highest BCUT2D eigenvalue weighted by Crippen LogP contribution is 2.22. The summed E-state index contributed by atoms with van der Waals surface area (Å²) in [5.41, 5.74) is 2.98. The molecule has 0 spiro atoms. The third kappa shape index (κ3) is 3.07. The summed E-state index contributed by atoms with van der Waals surface area (Å²) >= 11 is 0. The Kier molecular flexibility index (Phi) is 3.98. The Balaban J connectivity index is 1.59. The maximum atomic E-state index is 12.7. The van der Waals surface area contributed by atoms with Gasteiger partial charge < -0.3 is 9.84 Å². The summed E-state index contributed by atoms with van der Waals surface area (Å²) in [5.74, 6) is 0.657. The molecule has 3 aromatic heterocycles. The van der Waals surface area contributed by atoms with Gasteiger partial charge >= 0.3 is 0 Å². The predicted molar refractivity (Wildman–Crippen MR) is 94.2 cm³/mol. The third-order valence-electron chi connectivity index (χ3n) is 3.71. The lowest BCUT2D eigenvalue weighted by Crippen LogP contribution is -2.12. The fraction of sp³-hybridized carbons (Fsp3) is 0.0556. The second-order valence-corrected chi connectivity index (χ2v) is 5.55. The monoisotopic (exact) mass is 346 g/mol. The molecule has 0 atom stereocenters. The molecule has 128 valence electrons. The molecule has 26 heavy (non-hydrogen) atoms. The van der Waals surface area contributed by atoms with Gasteiger partial charge in [0, 0.05) is 24.4 Å². The first-order valence-electron chi connectivity index (χ1n) is 7.87. The average molecular weight is 346 g/mol. The molecule has 4 aromatic rings. The molecule has 0 bridgehead atoms. The fourth-order valence-electron chi connectivity index (χ4n) is 2.52. The number of benzene rings is 1. The van der Waals surface area contributed by atoms with Crippen molar-refractivity contribution in [3.63, 3.8) is 0 Å². The highest BCUT2D eigenvalue weighted by atomic mass is 16.5. The van der Waals surface area contributed by atoms with Gasteiger partial charge in [0.25, 0.3) is 5.91 Å². The number of anilines is 1. The Morgan fingerprint density at radius 1 is 1.19 bits per heavy atom. The first-order valence-corrected chi connectivity index (χ1v) is 7.87. The van der Waals surface area contributed by atoms with Crippen LogP contribution in [-0.4, -0.2) is 31.2 Å². The van der Waals surface area contributed by atoms with E-state index in [1.165, 1.54) is 6.20 Å². The maximum Gasteiger partial charge on any atom is 0.259 e. The Labute approximate surface area is 148 Å². The van der Waals surface area contributed by atoms with Crippen LogP contribution in [-0.2, 0) is 0 Å². The number of rotatable bonds is 4. The first-order chi connectivity index (χ1) is 12.7. The minimum absolute atomic E-state index is 0.291. The van der Waals surface area contributed by atoms with Crippen molar-refractivity contribution in [2.75, 3.05) is 5.32 Å². The van der Waals surface area contributed by atoms with Crippen molar-refractivity contribution in [1.82, 2.24) is 25.3 Å². The van der Waals surface area contributed by atoms with Crippen molar-refractivity contribution in [2.24, 2.45) is 0 Å². The van der Waals surface area contributed by atoms with E-state index in [1.54, 1.807) is 25.3 Å². The second kappa shape index (κ2) is 6.60. The lowest BCUT2D eigenvalue weighted by atomic mass is 10.1. The summed E-state index contributed by atoms with van der Waals surface area (Å²) in [6.07, 6.45) is 3.14. The van der Waals surface area contributed by atoms with Gasteiger partial charge in [-0.3, -0.25) is 14.9 Å². The Hall–Kier alpha value is -3.81. The topological polar surface area (TPSA) is 110 Å². The van der Waals surface area contributed by atoms with Crippen LogP contribution in [0.3, 0.4) is 0 Å². The van der Waals surface area contributed by atoms with Crippen LogP contribution in [0.5, 0.6) is 0 Å². The molecule has 1 aromatic carbocycles. The number of carbonyl (C=O) groups is 1. The molecule has 1 amide bonds. The zero-order valence-electron chi connectivity index (χ0n) is 13.8. The van der Waals surface area contributed by atoms with Gasteiger partial charge in [0.15, 0.2) is 0 Å². The van der Waals surface area contributed by atoms with Crippen LogP contribution in [0, 0.1) is 6.92 Å². The van der Waals surface area contributed by atoms with Gasteiger partial charge in [-0.15, -0.1) is 0 Å². The van der Waals surface area contributed by atoms with Gasteiger partial charge in [0.05, 0.1) is 23.1 Å². The fourth-order valence-corrected chi connectivity index (χ4v) is 2.52. The standard InChI is InChI=1S/C18H14N6O2/c1-11-21-17(24-26-11)12-5-4-6-13(9-12)22-18(25)14-10-20-23-16(14)15-7-2-3-8-19-15/h2-10H,1H3,(H,20,23)(H,22,25). The molecular weight excluding hydrogens is 332 g/mol. The number of aryl methyl sites for hydroxylation is 1. The molecule has 0 aliphatic heterocycles. The van der Waals surface area contributed by atoms with E-state index in [0.717, 1.165) is 5.56 Å². The van der Waals surface area contributed by atoms with Crippen molar-refractivity contribution in [3.05, 3.63) is 66.3 Å². The summed E-state index contributed by atoms with van der Waals surface area (Å²) in [6.45, 7) is 1.72. The number of aromatic nitrogens is 5. The quantitative estimate of drug-likeness (QED) is 0.587. The molecular formula is C18H14N6O2. The number of carbonyl (C=O) groups excluding carboxylic acids is 1. The zero-order valence-corrected chi connectivity index (χ0v) is 13.8. The van der Waals surface area contributed by atoms with Gasteiger partial charge in [0.1, 0.15) is 0 Å². The van der Waals surface area contributed by atoms with E-state index in [9.17, 15) is 4.79 Å². The third-order valence-corrected chi connectivity index (χ3v) is 3.71. The zero-order chi connectivity index (χ0) is 17.9. The number of nitrogens with zero attached hydrogens (tertiary/aromatic N) is 4. The predicted octanol–water partition coefficient (Wildman–Crippen LogP) is 3.08. The molecule has 0 radical (unpaired) electrons. The second-order valence-electron chi connectivity index (χ2n) is 5.55. The molecule has 0 saturated carbocycles. The van der Waals surface area contributed by atoms with Gasteiger partial charge in [-0.05, 0) is 24.3 Å². The van der Waals surface area contributed by atoms with Crippen LogP contribution >= 0.6 is 0 Å². The van der Waals surface area contributed by atoms with Crippen LogP contribution in [0.25, 0.3) is 22.8 Å². The number of aromatic amines is 1. The number of pyridine rings is 1. The van der Waals surface area contributed by atoms with Crippen LogP contribution < -0.4 is 5.32 Å². The summed E-state index contributed by atoms with van der Waals surface area (Å²) in [5, 5.41) is 13.5. The molecule has 8 heteroatoms. The van der Waals surface area contributed by atoms with Crippen LogP contribution in [0.4, 0.5) is 5.69 Å². The summed E-state index contributed by atoms with van der Waals surface area (Å²) in [6, 6.07) is 12.7. The molecule has 0 aliphatic carbocycles. The van der Waals surface area contributed by atoms with Gasteiger partial charge in [-0.1, -0.05) is 23.4 Å². The number of H-pyrrole nitrogens is 1. The summed E-state index contributed by atoms with van der Waals surface area (Å²) in [7, 11) is 0. The molecule has 4 rings (SSSR count). The minimum Gasteiger partial charge on any atom is -0.339 e. The molecule has 0 aliphatic rings. The number of amides is 1. The molecule has 0 saturated heterocycles. The van der Waals surface area contributed by atoms with Crippen molar-refractivity contribution in [3.8, 4) is 22.8 Å². The van der Waals surface area contributed by atoms with E-state index in [1.807, 2.05) is 30.3 Å². The Morgan fingerprint density at radius 3 is 2.88 bits per heavy atom. The van der Waals surface area contributed by atoms with Crippen LogP contribution in [0.2, 0.25) is 0 Å². The smallest absolute Gasteiger partial charge is 0.259 e. The highest BCUT2D eigenvalue weighted by molar-refractivity contribution is 6.07. The molecule has 0 unspecified atom stereocenters. The van der Waals surface area contributed by atoms with Crippen LogP contribution in [0.15, 0.2) is 59.4 Å². The Morgan fingerprint density at radius 2 is 2.12 bits per heavy atom. The first kappa shape index (κ1) is 15.7. The van der Waals surface area contributed by atoms with E-state index < -0.39 is 0 Å². The van der Waals surface area contributed by atoms with Crippen molar-refractivity contribution >= 4 is 11.6 Å². The molecule has 2 N–H and O–H groups in total. The van der Waals surface area contributed by atoms with Gasteiger partial charge in [-0.25, -0.2) is 0 Å². The largest absolute Gasteiger partial charge is 0.339 e. The van der Waals surface area contributed by atoms with Crippen molar-refractivity contribution < 1.29 is 9.32 Å². The van der Waals surface area contributed by atoms with Gasteiger partial charge in [0.2, 0.25) is 11.7 Å². The van der Waals surface area contributed by atoms with Crippen molar-refractivity contribution in [2.45, 2.75) is 6.92 Å². The van der Waals surface area contributed by atoms with Crippen LogP contribution in [0.1, 0.15) is 16.2 Å². The maximum absolute atomic E-state index is 12.7. The Bertz CT molecular complexity index is 1050. The lowest BCUT2D eigenvalue weighted by molar-refractivity contribution is 0.102. The summed E-state index contributed by atoms with van der Waals surface area (Å²) in [4.78, 5) is 21.1. The van der Waals surface area contributed by atoms with Crippen molar-refractivity contribution in [1.29, 1.82) is 0 Å². The van der Waals surface area contributed by atoms with E-state index in [-0.39, 0.29) is 5.91 Å². The minimum atomic E-state index is -0.291. The van der Waals surface area contributed by atoms with Gasteiger partial charge in [-0.2, -0.15) is 10.1 Å². The molecule has 3 heterocycles. The number of hydrogen-bond donors (Lipinski definition) is 2. The SMILES string of the molecule is Cc1nc(-c2cccc(NC(=O)c3cn[nH]c3-c3ccccn3)c2)no1. The van der Waals surface area contributed by atoms with E-state index in [4.69, 9.17) is 4.52 Å². The lowest BCUT2D eigenvalue weighted by Gasteiger charge is -2.06. The molecule has 0 fully saturated rings. The molecule has 8 nitrogen and oxygen atoms in total. The van der Waals surface area contributed by atoms with E-state index in [2.05, 4.69) is 30.6 Å². The number of hydrogen-bond acceptors (Lipinski definition) is 6. The normalized spacial score (nSPS) is 10.7. The van der Waals surface area contributed by atoms with E-state index in [0.29, 0.717) is 34.4 Å². The number of nitrogens with one attached hydrogen (secondary N) is 2. The summed E-state index contributed by atoms with van der Waals surface area (Å²) < 4.78 is 5.00.